The Morgan fingerprint density at radius 1 is 0.500 bits per heavy atom. The lowest BCUT2D eigenvalue weighted by Crippen LogP contribution is -2.43. The molecule has 1 heterocycles. The van der Waals surface area contributed by atoms with Crippen molar-refractivity contribution >= 4 is 0 Å². The summed E-state index contributed by atoms with van der Waals surface area (Å²) in [4.78, 5) is 5.13. The molecule has 0 saturated carbocycles. The zero-order chi connectivity index (χ0) is 21.9. The van der Waals surface area contributed by atoms with E-state index in [2.05, 4.69) is 49.9 Å². The highest BCUT2D eigenvalue weighted by molar-refractivity contribution is 4.97. The maximum absolute atomic E-state index is 2.59. The summed E-state index contributed by atoms with van der Waals surface area (Å²) in [7, 11) is 0. The first-order valence-electron chi connectivity index (χ1n) is 13.9. The van der Waals surface area contributed by atoms with E-state index < -0.39 is 0 Å². The van der Waals surface area contributed by atoms with Crippen LogP contribution >= 0.6 is 0 Å². The van der Waals surface area contributed by atoms with Gasteiger partial charge in [-0.2, -0.15) is 0 Å². The minimum atomic E-state index is 0.589. The fourth-order valence-electron chi connectivity index (χ4n) is 5.00. The number of rotatable bonds is 21. The molecular weight excluding hydrogens is 364 g/mol. The van der Waals surface area contributed by atoms with E-state index in [1.807, 2.05) is 0 Å². The second-order valence-electron chi connectivity index (χ2n) is 10.1. The number of hydrogen-bond acceptors (Lipinski definition) is 2. The van der Waals surface area contributed by atoms with Gasteiger partial charge in [-0.3, -0.25) is 0 Å². The van der Waals surface area contributed by atoms with Crippen LogP contribution < -0.4 is 0 Å². The lowest BCUT2D eigenvalue weighted by atomic mass is 10.0. The van der Waals surface area contributed by atoms with E-state index >= 15 is 0 Å². The molecule has 0 bridgehead atoms. The Hall–Kier alpha value is -0.660. The zero-order valence-electron chi connectivity index (χ0n) is 21.3. The molecule has 0 spiro atoms. The highest BCUT2D eigenvalue weighted by Gasteiger charge is 2.27. The van der Waals surface area contributed by atoms with Gasteiger partial charge in [-0.25, -0.2) is 0 Å². The molecule has 2 nitrogen and oxygen atoms in total. The van der Waals surface area contributed by atoms with Gasteiger partial charge in [-0.15, -0.1) is 0 Å². The monoisotopic (exact) mass is 420 g/mol. The third-order valence-corrected chi connectivity index (χ3v) is 6.73. The van der Waals surface area contributed by atoms with Crippen LogP contribution in [-0.2, 0) is 0 Å². The molecule has 178 valence electrons. The Morgan fingerprint density at radius 3 is 1.23 bits per heavy atom. The van der Waals surface area contributed by atoms with Crippen molar-refractivity contribution in [3.8, 4) is 0 Å². The van der Waals surface area contributed by atoms with Crippen molar-refractivity contribution in [3.63, 3.8) is 0 Å². The Labute approximate surface area is 190 Å². The molecule has 1 unspecified atom stereocenters. The molecule has 0 aromatic rings. The Morgan fingerprint density at radius 2 is 0.867 bits per heavy atom. The fourth-order valence-corrected chi connectivity index (χ4v) is 5.00. The Kier molecular flexibility index (Phi) is 17.4. The molecule has 0 aromatic heterocycles. The van der Waals surface area contributed by atoms with E-state index in [-0.39, 0.29) is 0 Å². The van der Waals surface area contributed by atoms with Crippen molar-refractivity contribution in [2.75, 3.05) is 13.1 Å². The van der Waals surface area contributed by atoms with Crippen LogP contribution in [0, 0.1) is 5.92 Å². The van der Waals surface area contributed by atoms with E-state index in [0.29, 0.717) is 12.1 Å². The van der Waals surface area contributed by atoms with Gasteiger partial charge in [0, 0.05) is 25.5 Å². The van der Waals surface area contributed by atoms with Crippen LogP contribution in [0.2, 0.25) is 0 Å². The molecule has 2 heteroatoms. The summed E-state index contributed by atoms with van der Waals surface area (Å²) in [5, 5.41) is 0. The van der Waals surface area contributed by atoms with Gasteiger partial charge in [0.15, 0.2) is 0 Å². The first-order valence-corrected chi connectivity index (χ1v) is 13.9. The van der Waals surface area contributed by atoms with E-state index in [9.17, 15) is 0 Å². The highest BCUT2D eigenvalue weighted by atomic mass is 15.4. The van der Waals surface area contributed by atoms with E-state index in [1.165, 1.54) is 129 Å². The van der Waals surface area contributed by atoms with Crippen LogP contribution in [0.25, 0.3) is 0 Å². The van der Waals surface area contributed by atoms with Gasteiger partial charge in [0.05, 0.1) is 0 Å². The van der Waals surface area contributed by atoms with Crippen LogP contribution in [0.3, 0.4) is 0 Å². The Balaban J connectivity index is 1.85. The third-order valence-electron chi connectivity index (χ3n) is 6.73. The number of unbranched alkanes of at least 4 members (excludes halogenated alkanes) is 16. The first kappa shape index (κ1) is 27.4. The van der Waals surface area contributed by atoms with Gasteiger partial charge in [0.25, 0.3) is 0 Å². The maximum atomic E-state index is 2.59. The molecule has 1 atom stereocenters. The van der Waals surface area contributed by atoms with E-state index in [0.717, 1.165) is 0 Å². The standard InChI is InChI=1S/C28H56N2/c1-5-7-8-9-10-11-12-13-14-15-16-17-18-19-20-21-22-24-30-26-25-29(23-6-2)28(30)27(3)4/h25-28H,5-24H2,1-4H3. The third kappa shape index (κ3) is 12.9. The summed E-state index contributed by atoms with van der Waals surface area (Å²) in [6.45, 7) is 11.7. The molecular formula is C28H56N2. The molecule has 0 saturated heterocycles. The average Bonchev–Trinajstić information content (AvgIpc) is 3.13. The van der Waals surface area contributed by atoms with Gasteiger partial charge in [-0.05, 0) is 18.8 Å². The van der Waals surface area contributed by atoms with Crippen molar-refractivity contribution in [1.82, 2.24) is 9.80 Å². The molecule has 1 aliphatic rings. The van der Waals surface area contributed by atoms with Crippen LogP contribution in [0.4, 0.5) is 0 Å². The van der Waals surface area contributed by atoms with Crippen molar-refractivity contribution in [2.45, 2.75) is 149 Å². The number of hydrogen-bond donors (Lipinski definition) is 0. The lowest BCUT2D eigenvalue weighted by molar-refractivity contribution is 0.106. The minimum absolute atomic E-state index is 0.589. The summed E-state index contributed by atoms with van der Waals surface area (Å²) >= 11 is 0. The Bertz CT molecular complexity index is 390. The quantitative estimate of drug-likeness (QED) is 0.171. The van der Waals surface area contributed by atoms with Crippen LogP contribution in [0.15, 0.2) is 12.4 Å². The van der Waals surface area contributed by atoms with Crippen molar-refractivity contribution in [3.05, 3.63) is 12.4 Å². The molecule has 30 heavy (non-hydrogen) atoms. The van der Waals surface area contributed by atoms with Crippen molar-refractivity contribution in [1.29, 1.82) is 0 Å². The van der Waals surface area contributed by atoms with Crippen LogP contribution in [-0.4, -0.2) is 29.1 Å². The first-order chi connectivity index (χ1) is 14.7. The van der Waals surface area contributed by atoms with Crippen LogP contribution in [0.1, 0.15) is 143 Å². The molecule has 1 aliphatic heterocycles. The molecule has 0 fully saturated rings. The second kappa shape index (κ2) is 19.1. The van der Waals surface area contributed by atoms with Gasteiger partial charge in [0.2, 0.25) is 0 Å². The molecule has 1 rings (SSSR count). The lowest BCUT2D eigenvalue weighted by Gasteiger charge is -2.35. The normalized spacial score (nSPS) is 16.4. The van der Waals surface area contributed by atoms with E-state index in [4.69, 9.17) is 0 Å². The SMILES string of the molecule is CCCCCCCCCCCCCCCCCCCN1C=CN(CCC)C1C(C)C. The second-order valence-corrected chi connectivity index (χ2v) is 10.1. The summed E-state index contributed by atoms with van der Waals surface area (Å²) in [6.07, 6.45) is 31.1. The summed E-state index contributed by atoms with van der Waals surface area (Å²) in [6, 6.07) is 0. The minimum Gasteiger partial charge on any atom is -0.356 e. The molecule has 0 N–H and O–H groups in total. The van der Waals surface area contributed by atoms with Crippen LogP contribution in [0.5, 0.6) is 0 Å². The highest BCUT2D eigenvalue weighted by Crippen LogP contribution is 2.23. The van der Waals surface area contributed by atoms with Gasteiger partial charge < -0.3 is 9.80 Å². The fraction of sp³-hybridized carbons (Fsp3) is 0.929. The van der Waals surface area contributed by atoms with Crippen molar-refractivity contribution < 1.29 is 0 Å². The smallest absolute Gasteiger partial charge is 0.103 e. The summed E-state index contributed by atoms with van der Waals surface area (Å²) < 4.78 is 0. The van der Waals surface area contributed by atoms with Gasteiger partial charge in [-0.1, -0.05) is 130 Å². The largest absolute Gasteiger partial charge is 0.356 e. The van der Waals surface area contributed by atoms with Crippen molar-refractivity contribution in [2.24, 2.45) is 5.92 Å². The maximum Gasteiger partial charge on any atom is 0.103 e. The summed E-state index contributed by atoms with van der Waals surface area (Å²) in [5.41, 5.74) is 0. The van der Waals surface area contributed by atoms with Gasteiger partial charge >= 0.3 is 0 Å². The molecule has 0 aliphatic carbocycles. The van der Waals surface area contributed by atoms with E-state index in [1.54, 1.807) is 0 Å². The predicted octanol–water partition coefficient (Wildman–Crippen LogP) is 9.12. The predicted molar refractivity (Wildman–Crippen MR) is 136 cm³/mol. The molecule has 0 radical (unpaired) electrons. The molecule has 0 aromatic carbocycles. The number of nitrogens with zero attached hydrogens (tertiary/aromatic N) is 2. The molecule has 0 amide bonds. The van der Waals surface area contributed by atoms with Gasteiger partial charge in [0.1, 0.15) is 6.17 Å². The topological polar surface area (TPSA) is 6.48 Å². The zero-order valence-corrected chi connectivity index (χ0v) is 21.3. The summed E-state index contributed by atoms with van der Waals surface area (Å²) in [5.74, 6) is 0.692. The average molecular weight is 421 g/mol.